The zero-order valence-corrected chi connectivity index (χ0v) is 11.3. The first-order valence-electron chi connectivity index (χ1n) is 5.99. The van der Waals surface area contributed by atoms with Gasteiger partial charge < -0.3 is 20.0 Å². The van der Waals surface area contributed by atoms with E-state index in [0.29, 0.717) is 0 Å². The first-order chi connectivity index (χ1) is 8.80. The highest BCUT2D eigenvalue weighted by atomic mass is 16.5. The summed E-state index contributed by atoms with van der Waals surface area (Å²) in [6, 6.07) is 8.04. The topological polar surface area (TPSA) is 78.5 Å². The van der Waals surface area contributed by atoms with E-state index >= 15 is 0 Å². The van der Waals surface area contributed by atoms with Crippen molar-refractivity contribution in [2.75, 3.05) is 0 Å². The molecule has 0 saturated carbocycles. The van der Waals surface area contributed by atoms with Crippen LogP contribution in [0.3, 0.4) is 0 Å². The first kappa shape index (κ1) is 15.0. The Bertz CT molecular complexity index is 437. The maximum atomic E-state index is 11.6. The molecule has 0 saturated heterocycles. The maximum Gasteiger partial charge on any atom is 0.408 e. The van der Waals surface area contributed by atoms with Crippen LogP contribution in [0.15, 0.2) is 30.3 Å². The average Bonchev–Trinajstić information content (AvgIpc) is 2.33. The number of amides is 1. The largest absolute Gasteiger partial charge is 0.548 e. The lowest BCUT2D eigenvalue weighted by Crippen LogP contribution is -2.54. The van der Waals surface area contributed by atoms with E-state index < -0.39 is 23.5 Å². The predicted molar refractivity (Wildman–Crippen MR) is 68.0 cm³/mol. The number of carbonyl (C=O) groups excluding carboxylic acids is 2. The third kappa shape index (κ3) is 4.99. The molecule has 0 spiro atoms. The predicted octanol–water partition coefficient (Wildman–Crippen LogP) is 1.08. The van der Waals surface area contributed by atoms with Crippen molar-refractivity contribution in [2.45, 2.75) is 33.4 Å². The van der Waals surface area contributed by atoms with Crippen LogP contribution in [-0.2, 0) is 16.1 Å². The summed E-state index contributed by atoms with van der Waals surface area (Å²) in [7, 11) is 0. The summed E-state index contributed by atoms with van der Waals surface area (Å²) in [6.07, 6.45) is -0.770. The molecule has 1 unspecified atom stereocenters. The van der Waals surface area contributed by atoms with Gasteiger partial charge in [0.25, 0.3) is 0 Å². The Morgan fingerprint density at radius 3 is 2.32 bits per heavy atom. The fourth-order valence-corrected chi connectivity index (χ4v) is 1.51. The molecule has 0 radical (unpaired) electrons. The second-order valence-corrected chi connectivity index (χ2v) is 5.32. The van der Waals surface area contributed by atoms with Crippen molar-refractivity contribution in [1.82, 2.24) is 5.32 Å². The molecule has 0 heterocycles. The van der Waals surface area contributed by atoms with Crippen LogP contribution >= 0.6 is 0 Å². The summed E-state index contributed by atoms with van der Waals surface area (Å²) in [5, 5.41) is 13.3. The van der Waals surface area contributed by atoms with Crippen LogP contribution in [0.4, 0.5) is 4.79 Å². The van der Waals surface area contributed by atoms with Gasteiger partial charge in [-0.1, -0.05) is 51.1 Å². The Kier molecular flexibility index (Phi) is 4.92. The molecular formula is C14H18NO4-. The molecule has 1 aromatic carbocycles. The van der Waals surface area contributed by atoms with Gasteiger partial charge in [0.1, 0.15) is 6.61 Å². The second-order valence-electron chi connectivity index (χ2n) is 5.32. The number of nitrogens with one attached hydrogen (secondary N) is 1. The molecule has 1 amide bonds. The molecule has 1 N–H and O–H groups in total. The lowest BCUT2D eigenvalue weighted by Gasteiger charge is -2.31. The highest BCUT2D eigenvalue weighted by Gasteiger charge is 2.27. The normalized spacial score (nSPS) is 12.6. The monoisotopic (exact) mass is 264 g/mol. The summed E-state index contributed by atoms with van der Waals surface area (Å²) in [5.41, 5.74) is 0.184. The molecule has 0 aliphatic carbocycles. The molecule has 104 valence electrons. The van der Waals surface area contributed by atoms with Crippen molar-refractivity contribution >= 4 is 12.1 Å². The van der Waals surface area contributed by atoms with Crippen molar-refractivity contribution in [3.05, 3.63) is 35.9 Å². The van der Waals surface area contributed by atoms with E-state index in [4.69, 9.17) is 4.74 Å². The molecule has 0 bridgehead atoms. The zero-order chi connectivity index (χ0) is 14.5. The van der Waals surface area contributed by atoms with Gasteiger partial charge in [-0.05, 0) is 11.0 Å². The standard InChI is InChI=1S/C14H19NO4/c1-14(2,3)11(12(16)17)15-13(18)19-9-10-7-5-4-6-8-10/h4-8,11H,9H2,1-3H3,(H,15,18)(H,16,17)/p-1. The minimum Gasteiger partial charge on any atom is -0.548 e. The van der Waals surface area contributed by atoms with Crippen molar-refractivity contribution < 1.29 is 19.4 Å². The Morgan fingerprint density at radius 1 is 1.26 bits per heavy atom. The third-order valence-corrected chi connectivity index (χ3v) is 2.58. The molecule has 5 heteroatoms. The van der Waals surface area contributed by atoms with Gasteiger partial charge in [-0.2, -0.15) is 0 Å². The van der Waals surface area contributed by atoms with Crippen molar-refractivity contribution in [2.24, 2.45) is 5.41 Å². The molecule has 0 aromatic heterocycles. The fraction of sp³-hybridized carbons (Fsp3) is 0.429. The van der Waals surface area contributed by atoms with E-state index in [0.717, 1.165) is 5.56 Å². The number of rotatable bonds is 4. The molecular weight excluding hydrogens is 246 g/mol. The van der Waals surface area contributed by atoms with E-state index in [2.05, 4.69) is 5.32 Å². The van der Waals surface area contributed by atoms with Crippen LogP contribution < -0.4 is 10.4 Å². The summed E-state index contributed by atoms with van der Waals surface area (Å²) in [6.45, 7) is 5.19. The van der Waals surface area contributed by atoms with Gasteiger partial charge in [0.15, 0.2) is 0 Å². The fourth-order valence-electron chi connectivity index (χ4n) is 1.51. The van der Waals surface area contributed by atoms with Gasteiger partial charge in [0, 0.05) is 0 Å². The number of hydrogen-bond donors (Lipinski definition) is 1. The first-order valence-corrected chi connectivity index (χ1v) is 5.99. The highest BCUT2D eigenvalue weighted by Crippen LogP contribution is 2.18. The molecule has 1 rings (SSSR count). The number of ether oxygens (including phenoxy) is 1. The van der Waals surface area contributed by atoms with Crippen LogP contribution in [0.5, 0.6) is 0 Å². The molecule has 1 atom stereocenters. The van der Waals surface area contributed by atoms with E-state index in [1.807, 2.05) is 30.3 Å². The van der Waals surface area contributed by atoms with Crippen molar-refractivity contribution in [3.8, 4) is 0 Å². The summed E-state index contributed by atoms with van der Waals surface area (Å²) in [4.78, 5) is 22.5. The number of carboxylic acid groups (broad SMARTS) is 1. The van der Waals surface area contributed by atoms with Gasteiger partial charge in [-0.3, -0.25) is 0 Å². The molecule has 5 nitrogen and oxygen atoms in total. The maximum absolute atomic E-state index is 11.6. The van der Waals surface area contributed by atoms with Crippen molar-refractivity contribution in [1.29, 1.82) is 0 Å². The minimum absolute atomic E-state index is 0.0938. The smallest absolute Gasteiger partial charge is 0.408 e. The summed E-state index contributed by atoms with van der Waals surface area (Å²) >= 11 is 0. The molecule has 0 aliphatic heterocycles. The number of aliphatic carboxylic acids is 1. The number of hydrogen-bond acceptors (Lipinski definition) is 4. The number of carbonyl (C=O) groups is 2. The lowest BCUT2D eigenvalue weighted by molar-refractivity contribution is -0.310. The Hall–Kier alpha value is -2.04. The quantitative estimate of drug-likeness (QED) is 0.882. The van der Waals surface area contributed by atoms with Gasteiger partial charge in [0.05, 0.1) is 12.0 Å². The van der Waals surface area contributed by atoms with Crippen LogP contribution in [-0.4, -0.2) is 18.1 Å². The molecule has 0 aliphatic rings. The van der Waals surface area contributed by atoms with Crippen LogP contribution in [0.25, 0.3) is 0 Å². The van der Waals surface area contributed by atoms with E-state index in [1.165, 1.54) is 0 Å². The Labute approximate surface area is 112 Å². The van der Waals surface area contributed by atoms with Crippen LogP contribution in [0, 0.1) is 5.41 Å². The summed E-state index contributed by atoms with van der Waals surface area (Å²) < 4.78 is 4.96. The summed E-state index contributed by atoms with van der Waals surface area (Å²) in [5.74, 6) is -1.33. The average molecular weight is 264 g/mol. The van der Waals surface area contributed by atoms with E-state index in [-0.39, 0.29) is 6.61 Å². The number of carboxylic acids is 1. The molecule has 1 aromatic rings. The van der Waals surface area contributed by atoms with E-state index in [9.17, 15) is 14.7 Å². The highest BCUT2D eigenvalue weighted by molar-refractivity contribution is 5.79. The third-order valence-electron chi connectivity index (χ3n) is 2.58. The second kappa shape index (κ2) is 6.22. The van der Waals surface area contributed by atoms with E-state index in [1.54, 1.807) is 20.8 Å². The Balaban J connectivity index is 2.52. The lowest BCUT2D eigenvalue weighted by atomic mass is 9.87. The van der Waals surface area contributed by atoms with Gasteiger partial charge in [-0.25, -0.2) is 4.79 Å². The SMILES string of the molecule is CC(C)(C)C(NC(=O)OCc1ccccc1)C(=O)[O-]. The zero-order valence-electron chi connectivity index (χ0n) is 11.3. The van der Waals surface area contributed by atoms with Gasteiger partial charge in [0.2, 0.25) is 0 Å². The Morgan fingerprint density at radius 2 is 1.84 bits per heavy atom. The van der Waals surface area contributed by atoms with Gasteiger partial charge in [-0.15, -0.1) is 0 Å². The molecule has 19 heavy (non-hydrogen) atoms. The minimum atomic E-state index is -1.33. The van der Waals surface area contributed by atoms with Crippen LogP contribution in [0.1, 0.15) is 26.3 Å². The number of benzene rings is 1. The van der Waals surface area contributed by atoms with Crippen molar-refractivity contribution in [3.63, 3.8) is 0 Å². The number of alkyl carbamates (subject to hydrolysis) is 1. The van der Waals surface area contributed by atoms with Crippen LogP contribution in [0.2, 0.25) is 0 Å². The van der Waals surface area contributed by atoms with Gasteiger partial charge >= 0.3 is 6.09 Å². The molecule has 0 fully saturated rings.